The monoisotopic (exact) mass is 289 g/mol. The predicted molar refractivity (Wildman–Crippen MR) is 81.6 cm³/mol. The van der Waals surface area contributed by atoms with Gasteiger partial charge in [0.2, 0.25) is 5.91 Å². The first-order valence-corrected chi connectivity index (χ1v) is 7.80. The lowest BCUT2D eigenvalue weighted by Crippen LogP contribution is -2.24. The van der Waals surface area contributed by atoms with Gasteiger partial charge in [-0.05, 0) is 25.0 Å². The molecule has 1 amide bonds. The standard InChI is InChI=1S/C15H19N3OS/c1-2-3-9-17-14(19)8-7-12-11-20-15(18-12)13-6-4-5-10-16-13/h4-6,10-11H,2-3,7-9H2,1H3,(H,17,19). The summed E-state index contributed by atoms with van der Waals surface area (Å²) in [6.07, 6.45) is 5.07. The summed E-state index contributed by atoms with van der Waals surface area (Å²) in [4.78, 5) is 20.4. The second-order valence-corrected chi connectivity index (χ2v) is 5.42. The summed E-state index contributed by atoms with van der Waals surface area (Å²) >= 11 is 1.57. The quantitative estimate of drug-likeness (QED) is 0.797. The van der Waals surface area contributed by atoms with Crippen LogP contribution in [0.2, 0.25) is 0 Å². The van der Waals surface area contributed by atoms with Gasteiger partial charge >= 0.3 is 0 Å². The number of aromatic nitrogens is 2. The smallest absolute Gasteiger partial charge is 0.220 e. The number of nitrogens with zero attached hydrogens (tertiary/aromatic N) is 2. The normalized spacial score (nSPS) is 10.4. The molecule has 0 spiro atoms. The van der Waals surface area contributed by atoms with Gasteiger partial charge in [0.1, 0.15) is 5.01 Å². The molecule has 5 heteroatoms. The second-order valence-electron chi connectivity index (χ2n) is 4.56. The SMILES string of the molecule is CCCCNC(=O)CCc1csc(-c2ccccn2)n1. The fourth-order valence-electron chi connectivity index (χ4n) is 1.76. The van der Waals surface area contributed by atoms with Crippen LogP contribution in [-0.2, 0) is 11.2 Å². The lowest BCUT2D eigenvalue weighted by molar-refractivity contribution is -0.121. The van der Waals surface area contributed by atoms with Gasteiger partial charge in [-0.3, -0.25) is 9.78 Å². The summed E-state index contributed by atoms with van der Waals surface area (Å²) < 4.78 is 0. The van der Waals surface area contributed by atoms with Crippen molar-refractivity contribution in [3.63, 3.8) is 0 Å². The molecule has 0 saturated heterocycles. The highest BCUT2D eigenvalue weighted by Gasteiger charge is 2.07. The number of unbranched alkanes of at least 4 members (excludes halogenated alkanes) is 1. The molecule has 0 unspecified atom stereocenters. The van der Waals surface area contributed by atoms with E-state index in [2.05, 4.69) is 22.2 Å². The fourth-order valence-corrected chi connectivity index (χ4v) is 2.59. The molecule has 0 aliphatic carbocycles. The summed E-state index contributed by atoms with van der Waals surface area (Å²) in [6.45, 7) is 2.88. The van der Waals surface area contributed by atoms with Gasteiger partial charge in [-0.15, -0.1) is 11.3 Å². The predicted octanol–water partition coefficient (Wildman–Crippen LogP) is 3.05. The lowest BCUT2D eigenvalue weighted by atomic mass is 10.2. The Balaban J connectivity index is 1.83. The maximum atomic E-state index is 11.6. The van der Waals surface area contributed by atoms with Crippen molar-refractivity contribution in [3.8, 4) is 10.7 Å². The van der Waals surface area contributed by atoms with Crippen molar-refractivity contribution in [3.05, 3.63) is 35.5 Å². The number of carbonyl (C=O) groups is 1. The van der Waals surface area contributed by atoms with Crippen molar-refractivity contribution < 1.29 is 4.79 Å². The van der Waals surface area contributed by atoms with Crippen LogP contribution < -0.4 is 5.32 Å². The van der Waals surface area contributed by atoms with Crippen molar-refractivity contribution in [2.24, 2.45) is 0 Å². The molecule has 106 valence electrons. The number of nitrogens with one attached hydrogen (secondary N) is 1. The van der Waals surface area contributed by atoms with Crippen LogP contribution in [0.15, 0.2) is 29.8 Å². The minimum atomic E-state index is 0.103. The first-order valence-electron chi connectivity index (χ1n) is 6.92. The Kier molecular flexibility index (Phi) is 5.68. The molecule has 0 fully saturated rings. The largest absolute Gasteiger partial charge is 0.356 e. The van der Waals surface area contributed by atoms with Crippen molar-refractivity contribution in [2.75, 3.05) is 6.54 Å². The lowest BCUT2D eigenvalue weighted by Gasteiger charge is -2.02. The van der Waals surface area contributed by atoms with Gasteiger partial charge < -0.3 is 5.32 Å². The van der Waals surface area contributed by atoms with Gasteiger partial charge in [0, 0.05) is 24.5 Å². The number of carbonyl (C=O) groups excluding carboxylic acids is 1. The average molecular weight is 289 g/mol. The maximum Gasteiger partial charge on any atom is 0.220 e. The van der Waals surface area contributed by atoms with Crippen LogP contribution in [0.3, 0.4) is 0 Å². The van der Waals surface area contributed by atoms with Crippen LogP contribution in [0.1, 0.15) is 31.9 Å². The van der Waals surface area contributed by atoms with Gasteiger partial charge in [0.15, 0.2) is 0 Å². The molecule has 2 aromatic rings. The van der Waals surface area contributed by atoms with Gasteiger partial charge in [0.05, 0.1) is 11.4 Å². The Labute approximate surface area is 123 Å². The number of rotatable bonds is 7. The van der Waals surface area contributed by atoms with E-state index in [1.807, 2.05) is 23.6 Å². The first kappa shape index (κ1) is 14.7. The number of hydrogen-bond acceptors (Lipinski definition) is 4. The van der Waals surface area contributed by atoms with Crippen molar-refractivity contribution >= 4 is 17.2 Å². The second kappa shape index (κ2) is 7.75. The Morgan fingerprint density at radius 1 is 1.40 bits per heavy atom. The molecule has 0 radical (unpaired) electrons. The van der Waals surface area contributed by atoms with Crippen LogP contribution >= 0.6 is 11.3 Å². The third-order valence-electron chi connectivity index (χ3n) is 2.90. The number of amides is 1. The van der Waals surface area contributed by atoms with E-state index in [0.29, 0.717) is 12.8 Å². The Morgan fingerprint density at radius 3 is 3.05 bits per heavy atom. The van der Waals surface area contributed by atoms with E-state index in [4.69, 9.17) is 0 Å². The average Bonchev–Trinajstić information content (AvgIpc) is 2.95. The Bertz CT molecular complexity index is 539. The molecule has 2 rings (SSSR count). The van der Waals surface area contributed by atoms with Gasteiger partial charge in [-0.1, -0.05) is 19.4 Å². The van der Waals surface area contributed by atoms with E-state index in [1.54, 1.807) is 17.5 Å². The number of pyridine rings is 1. The molecule has 0 saturated carbocycles. The fraction of sp³-hybridized carbons (Fsp3) is 0.400. The van der Waals surface area contributed by atoms with Crippen molar-refractivity contribution in [1.82, 2.24) is 15.3 Å². The Morgan fingerprint density at radius 2 is 2.30 bits per heavy atom. The summed E-state index contributed by atoms with van der Waals surface area (Å²) in [6, 6.07) is 5.78. The molecule has 20 heavy (non-hydrogen) atoms. The zero-order valence-electron chi connectivity index (χ0n) is 11.6. The van der Waals surface area contributed by atoms with Crippen molar-refractivity contribution in [1.29, 1.82) is 0 Å². The molecule has 0 aliphatic rings. The van der Waals surface area contributed by atoms with Gasteiger partial charge in [0.25, 0.3) is 0 Å². The Hall–Kier alpha value is -1.75. The molecule has 2 heterocycles. The summed E-state index contributed by atoms with van der Waals surface area (Å²) in [5.74, 6) is 0.103. The summed E-state index contributed by atoms with van der Waals surface area (Å²) in [5.41, 5.74) is 1.84. The van der Waals surface area contributed by atoms with E-state index in [-0.39, 0.29) is 5.91 Å². The third-order valence-corrected chi connectivity index (χ3v) is 3.81. The van der Waals surface area contributed by atoms with Gasteiger partial charge in [-0.25, -0.2) is 4.98 Å². The van der Waals surface area contributed by atoms with Crippen LogP contribution in [0, 0.1) is 0 Å². The van der Waals surface area contributed by atoms with Crippen LogP contribution in [0.5, 0.6) is 0 Å². The van der Waals surface area contributed by atoms with Crippen LogP contribution in [0.25, 0.3) is 10.7 Å². The molecular formula is C15H19N3OS. The van der Waals surface area contributed by atoms with Crippen molar-refractivity contribution in [2.45, 2.75) is 32.6 Å². The molecule has 0 aromatic carbocycles. The highest BCUT2D eigenvalue weighted by atomic mass is 32.1. The maximum absolute atomic E-state index is 11.6. The summed E-state index contributed by atoms with van der Waals surface area (Å²) in [5, 5.41) is 5.83. The molecule has 0 aliphatic heterocycles. The molecule has 1 N–H and O–H groups in total. The molecule has 0 atom stereocenters. The van der Waals surface area contributed by atoms with Gasteiger partial charge in [-0.2, -0.15) is 0 Å². The van der Waals surface area contributed by atoms with E-state index >= 15 is 0 Å². The number of aryl methyl sites for hydroxylation is 1. The third kappa shape index (κ3) is 4.42. The molecule has 2 aromatic heterocycles. The van der Waals surface area contributed by atoms with E-state index in [9.17, 15) is 4.79 Å². The number of hydrogen-bond donors (Lipinski definition) is 1. The van der Waals surface area contributed by atoms with Crippen LogP contribution in [-0.4, -0.2) is 22.4 Å². The molecular weight excluding hydrogens is 270 g/mol. The van der Waals surface area contributed by atoms with E-state index in [0.717, 1.165) is 35.8 Å². The topological polar surface area (TPSA) is 54.9 Å². The van der Waals surface area contributed by atoms with E-state index in [1.165, 1.54) is 0 Å². The molecule has 4 nitrogen and oxygen atoms in total. The number of thiazole rings is 1. The van der Waals surface area contributed by atoms with E-state index < -0.39 is 0 Å². The zero-order valence-corrected chi connectivity index (χ0v) is 12.4. The summed E-state index contributed by atoms with van der Waals surface area (Å²) in [7, 11) is 0. The minimum absolute atomic E-state index is 0.103. The molecule has 0 bridgehead atoms. The highest BCUT2D eigenvalue weighted by Crippen LogP contribution is 2.21. The zero-order chi connectivity index (χ0) is 14.2. The minimum Gasteiger partial charge on any atom is -0.356 e. The highest BCUT2D eigenvalue weighted by molar-refractivity contribution is 7.13. The first-order chi connectivity index (χ1) is 9.79. The van der Waals surface area contributed by atoms with Crippen LogP contribution in [0.4, 0.5) is 0 Å².